The van der Waals surface area contributed by atoms with E-state index in [1.807, 2.05) is 0 Å². The molecule has 0 aromatic rings. The lowest BCUT2D eigenvalue weighted by molar-refractivity contribution is -0.189. The van der Waals surface area contributed by atoms with Gasteiger partial charge >= 0.3 is 6.18 Å². The van der Waals surface area contributed by atoms with Gasteiger partial charge in [-0.2, -0.15) is 13.2 Å². The van der Waals surface area contributed by atoms with Gasteiger partial charge in [-0.3, -0.25) is 0 Å². The summed E-state index contributed by atoms with van der Waals surface area (Å²) < 4.78 is 42.7. The first-order valence-electron chi connectivity index (χ1n) is 5.34. The molecule has 0 amide bonds. The second-order valence-corrected chi connectivity index (χ2v) is 3.99. The highest BCUT2D eigenvalue weighted by Gasteiger charge is 2.45. The van der Waals surface area contributed by atoms with E-state index in [1.165, 1.54) is 0 Å². The highest BCUT2D eigenvalue weighted by Crippen LogP contribution is 2.37. The first kappa shape index (κ1) is 12.8. The normalized spacial score (nSPS) is 28.0. The summed E-state index contributed by atoms with van der Waals surface area (Å²) in [7, 11) is 1.55. The third-order valence-electron chi connectivity index (χ3n) is 2.90. The van der Waals surface area contributed by atoms with Crippen LogP contribution in [-0.4, -0.2) is 32.5 Å². The van der Waals surface area contributed by atoms with Crippen LogP contribution in [-0.2, 0) is 4.74 Å². The molecule has 5 heteroatoms. The fourth-order valence-corrected chi connectivity index (χ4v) is 2.11. The van der Waals surface area contributed by atoms with Crippen molar-refractivity contribution >= 4 is 0 Å². The molecule has 1 N–H and O–H groups in total. The molecule has 1 aliphatic rings. The molecule has 1 saturated carbocycles. The maximum absolute atomic E-state index is 12.6. The average Bonchev–Trinajstić information content (AvgIpc) is 2.17. The first-order valence-corrected chi connectivity index (χ1v) is 5.34. The van der Waals surface area contributed by atoms with Crippen molar-refractivity contribution in [3.05, 3.63) is 0 Å². The van der Waals surface area contributed by atoms with Gasteiger partial charge in [0.1, 0.15) is 0 Å². The molecule has 0 radical (unpaired) electrons. The summed E-state index contributed by atoms with van der Waals surface area (Å²) in [5, 5.41) is 2.93. The quantitative estimate of drug-likeness (QED) is 0.741. The number of nitrogens with one attached hydrogen (secondary N) is 1. The van der Waals surface area contributed by atoms with Gasteiger partial charge in [-0.25, -0.2) is 0 Å². The van der Waals surface area contributed by atoms with Crippen LogP contribution in [0.2, 0.25) is 0 Å². The Hall–Kier alpha value is -0.290. The molecule has 2 nitrogen and oxygen atoms in total. The Bertz CT molecular complexity index is 184. The van der Waals surface area contributed by atoms with Crippen molar-refractivity contribution in [2.75, 3.05) is 20.3 Å². The summed E-state index contributed by atoms with van der Waals surface area (Å²) >= 11 is 0. The largest absolute Gasteiger partial charge is 0.393 e. The fourth-order valence-electron chi connectivity index (χ4n) is 2.11. The molecule has 1 fully saturated rings. The number of hydrogen-bond donors (Lipinski definition) is 1. The van der Waals surface area contributed by atoms with Crippen LogP contribution in [0.4, 0.5) is 13.2 Å². The SMILES string of the molecule is COCCNC1CCCCC1C(F)(F)F. The number of rotatable bonds is 4. The number of halogens is 3. The Morgan fingerprint density at radius 2 is 1.93 bits per heavy atom. The van der Waals surface area contributed by atoms with E-state index in [0.717, 1.165) is 6.42 Å². The van der Waals surface area contributed by atoms with Crippen LogP contribution in [0.25, 0.3) is 0 Å². The van der Waals surface area contributed by atoms with Crippen LogP contribution in [0, 0.1) is 5.92 Å². The average molecular weight is 225 g/mol. The molecule has 2 atom stereocenters. The van der Waals surface area contributed by atoms with Crippen molar-refractivity contribution in [2.45, 2.75) is 37.9 Å². The summed E-state index contributed by atoms with van der Waals surface area (Å²) in [5.41, 5.74) is 0. The summed E-state index contributed by atoms with van der Waals surface area (Å²) in [6, 6.07) is -0.422. The van der Waals surface area contributed by atoms with Crippen molar-refractivity contribution in [1.29, 1.82) is 0 Å². The van der Waals surface area contributed by atoms with Gasteiger partial charge in [0.15, 0.2) is 0 Å². The maximum Gasteiger partial charge on any atom is 0.393 e. The second kappa shape index (κ2) is 5.70. The highest BCUT2D eigenvalue weighted by molar-refractivity contribution is 4.85. The van der Waals surface area contributed by atoms with Gasteiger partial charge in [-0.15, -0.1) is 0 Å². The molecule has 1 aliphatic carbocycles. The van der Waals surface area contributed by atoms with E-state index in [0.29, 0.717) is 26.0 Å². The maximum atomic E-state index is 12.6. The molecule has 0 aromatic carbocycles. The van der Waals surface area contributed by atoms with Crippen LogP contribution in [0.5, 0.6) is 0 Å². The molecule has 1 rings (SSSR count). The molecule has 0 heterocycles. The van der Waals surface area contributed by atoms with Crippen LogP contribution >= 0.6 is 0 Å². The minimum absolute atomic E-state index is 0.258. The highest BCUT2D eigenvalue weighted by atomic mass is 19.4. The molecule has 0 bridgehead atoms. The lowest BCUT2D eigenvalue weighted by Gasteiger charge is -2.33. The number of alkyl halides is 3. The van der Waals surface area contributed by atoms with E-state index in [2.05, 4.69) is 5.32 Å². The Labute approximate surface area is 88.2 Å². The first-order chi connectivity index (χ1) is 7.05. The lowest BCUT2D eigenvalue weighted by atomic mass is 9.84. The van der Waals surface area contributed by atoms with Crippen molar-refractivity contribution < 1.29 is 17.9 Å². The van der Waals surface area contributed by atoms with Crippen molar-refractivity contribution in [1.82, 2.24) is 5.32 Å². The van der Waals surface area contributed by atoms with Gasteiger partial charge in [0.05, 0.1) is 12.5 Å². The summed E-state index contributed by atoms with van der Waals surface area (Å²) in [6.45, 7) is 0.953. The predicted octanol–water partition coefficient (Wildman–Crippen LogP) is 2.34. The monoisotopic (exact) mass is 225 g/mol. The minimum Gasteiger partial charge on any atom is -0.383 e. The number of ether oxygens (including phenoxy) is 1. The minimum atomic E-state index is -4.06. The summed E-state index contributed by atoms with van der Waals surface area (Å²) in [4.78, 5) is 0. The Morgan fingerprint density at radius 3 is 2.53 bits per heavy atom. The summed E-state index contributed by atoms with van der Waals surface area (Å²) in [5.74, 6) is -1.18. The molecule has 0 spiro atoms. The van der Waals surface area contributed by atoms with Gasteiger partial charge in [-0.05, 0) is 12.8 Å². The standard InChI is InChI=1S/C10H18F3NO/c1-15-7-6-14-9-5-3-2-4-8(9)10(11,12)13/h8-9,14H,2-7H2,1H3. The molecular formula is C10H18F3NO. The second-order valence-electron chi connectivity index (χ2n) is 3.99. The third-order valence-corrected chi connectivity index (χ3v) is 2.90. The zero-order valence-electron chi connectivity index (χ0n) is 8.94. The topological polar surface area (TPSA) is 21.3 Å². The van der Waals surface area contributed by atoms with Crippen LogP contribution < -0.4 is 5.32 Å². The van der Waals surface area contributed by atoms with E-state index in [-0.39, 0.29) is 6.42 Å². The fraction of sp³-hybridized carbons (Fsp3) is 1.00. The third kappa shape index (κ3) is 3.99. The van der Waals surface area contributed by atoms with Gasteiger partial charge in [0.2, 0.25) is 0 Å². The van der Waals surface area contributed by atoms with Crippen LogP contribution in [0.15, 0.2) is 0 Å². The Kier molecular flexibility index (Phi) is 4.86. The zero-order valence-corrected chi connectivity index (χ0v) is 8.94. The van der Waals surface area contributed by atoms with E-state index < -0.39 is 18.1 Å². The smallest absolute Gasteiger partial charge is 0.383 e. The molecule has 0 saturated heterocycles. The van der Waals surface area contributed by atoms with E-state index in [9.17, 15) is 13.2 Å². The van der Waals surface area contributed by atoms with Gasteiger partial charge in [0.25, 0.3) is 0 Å². The van der Waals surface area contributed by atoms with E-state index in [1.54, 1.807) is 7.11 Å². The van der Waals surface area contributed by atoms with Crippen molar-refractivity contribution in [2.24, 2.45) is 5.92 Å². The van der Waals surface area contributed by atoms with Crippen molar-refractivity contribution in [3.63, 3.8) is 0 Å². The molecule has 0 aromatic heterocycles. The molecule has 90 valence electrons. The lowest BCUT2D eigenvalue weighted by Crippen LogP contribution is -2.46. The van der Waals surface area contributed by atoms with Gasteiger partial charge in [-0.1, -0.05) is 12.8 Å². The van der Waals surface area contributed by atoms with E-state index >= 15 is 0 Å². The zero-order chi connectivity index (χ0) is 11.3. The molecular weight excluding hydrogens is 207 g/mol. The molecule has 15 heavy (non-hydrogen) atoms. The number of hydrogen-bond acceptors (Lipinski definition) is 2. The predicted molar refractivity (Wildman–Crippen MR) is 51.7 cm³/mol. The van der Waals surface area contributed by atoms with E-state index in [4.69, 9.17) is 4.74 Å². The van der Waals surface area contributed by atoms with Gasteiger partial charge < -0.3 is 10.1 Å². The van der Waals surface area contributed by atoms with Crippen LogP contribution in [0.3, 0.4) is 0 Å². The van der Waals surface area contributed by atoms with Crippen molar-refractivity contribution in [3.8, 4) is 0 Å². The number of methoxy groups -OCH3 is 1. The molecule has 0 aliphatic heterocycles. The Morgan fingerprint density at radius 1 is 1.27 bits per heavy atom. The Balaban J connectivity index is 2.43. The van der Waals surface area contributed by atoms with Crippen LogP contribution in [0.1, 0.15) is 25.7 Å². The molecule has 2 unspecified atom stereocenters. The summed E-state index contributed by atoms with van der Waals surface area (Å²) in [6.07, 6.45) is -1.61. The van der Waals surface area contributed by atoms with Gasteiger partial charge in [0, 0.05) is 19.7 Å².